The first kappa shape index (κ1) is 17.6. The maximum atomic E-state index is 11.8. The second-order valence-corrected chi connectivity index (χ2v) is 5.35. The first-order valence-electron chi connectivity index (χ1n) is 7.31. The molecule has 6 nitrogen and oxygen atoms in total. The highest BCUT2D eigenvalue weighted by atomic mass is 35.5. The van der Waals surface area contributed by atoms with Crippen LogP contribution < -0.4 is 20.7 Å². The molecule has 0 atom stereocenters. The highest BCUT2D eigenvalue weighted by Gasteiger charge is 2.05. The van der Waals surface area contributed by atoms with Gasteiger partial charge in [-0.1, -0.05) is 17.7 Å². The minimum Gasteiger partial charge on any atom is -0.497 e. The van der Waals surface area contributed by atoms with E-state index < -0.39 is 0 Å². The fourth-order valence-corrected chi connectivity index (χ4v) is 2.12. The molecule has 7 heteroatoms. The summed E-state index contributed by atoms with van der Waals surface area (Å²) >= 11 is 5.85. The number of carbonyl (C=O) groups excluding carboxylic acids is 2. The van der Waals surface area contributed by atoms with Crippen molar-refractivity contribution in [1.29, 1.82) is 0 Å². The average molecular weight is 348 g/mol. The molecule has 0 aromatic heterocycles. The van der Waals surface area contributed by atoms with Crippen LogP contribution in [0, 0.1) is 0 Å². The maximum Gasteiger partial charge on any atom is 0.319 e. The highest BCUT2D eigenvalue weighted by Crippen LogP contribution is 2.15. The predicted molar refractivity (Wildman–Crippen MR) is 94.7 cm³/mol. The molecule has 0 heterocycles. The van der Waals surface area contributed by atoms with E-state index in [0.29, 0.717) is 22.1 Å². The molecule has 24 heavy (non-hydrogen) atoms. The number of halogens is 1. The van der Waals surface area contributed by atoms with E-state index in [2.05, 4.69) is 16.0 Å². The monoisotopic (exact) mass is 347 g/mol. The molecule has 0 saturated carbocycles. The molecule has 0 saturated heterocycles. The summed E-state index contributed by atoms with van der Waals surface area (Å²) in [7, 11) is 1.57. The number of rotatable bonds is 6. The highest BCUT2D eigenvalue weighted by molar-refractivity contribution is 6.30. The van der Waals surface area contributed by atoms with Crippen LogP contribution in [0.4, 0.5) is 16.2 Å². The van der Waals surface area contributed by atoms with Gasteiger partial charge in [-0.15, -0.1) is 0 Å². The molecule has 0 spiro atoms. The number of nitrogens with one attached hydrogen (secondary N) is 3. The third-order valence-electron chi connectivity index (χ3n) is 3.09. The number of benzene rings is 2. The van der Waals surface area contributed by atoms with Crippen molar-refractivity contribution in [1.82, 2.24) is 5.32 Å². The molecule has 0 aliphatic carbocycles. The Bertz CT molecular complexity index is 704. The van der Waals surface area contributed by atoms with Gasteiger partial charge in [-0.3, -0.25) is 4.79 Å². The van der Waals surface area contributed by atoms with E-state index in [9.17, 15) is 9.59 Å². The average Bonchev–Trinajstić information content (AvgIpc) is 2.55. The quantitative estimate of drug-likeness (QED) is 0.748. The zero-order valence-electron chi connectivity index (χ0n) is 13.1. The Labute approximate surface area is 145 Å². The summed E-state index contributed by atoms with van der Waals surface area (Å²) in [6.07, 6.45) is 0.155. The van der Waals surface area contributed by atoms with Gasteiger partial charge in [-0.05, 0) is 42.5 Å². The molecular weight excluding hydrogens is 330 g/mol. The van der Waals surface area contributed by atoms with Crippen molar-refractivity contribution in [2.75, 3.05) is 24.3 Å². The SMILES string of the molecule is COc1ccc(NC(=O)NCCC(=O)Nc2cccc(Cl)c2)cc1. The Balaban J connectivity index is 1.70. The summed E-state index contributed by atoms with van der Waals surface area (Å²) in [5.74, 6) is 0.501. The van der Waals surface area contributed by atoms with Gasteiger partial charge in [-0.2, -0.15) is 0 Å². The maximum absolute atomic E-state index is 11.8. The van der Waals surface area contributed by atoms with Gasteiger partial charge in [0.25, 0.3) is 0 Å². The third-order valence-corrected chi connectivity index (χ3v) is 3.33. The number of ether oxygens (including phenoxy) is 1. The zero-order chi connectivity index (χ0) is 17.4. The lowest BCUT2D eigenvalue weighted by Crippen LogP contribution is -2.31. The molecule has 2 aromatic rings. The van der Waals surface area contributed by atoms with Crippen molar-refractivity contribution in [3.8, 4) is 5.75 Å². The number of anilines is 2. The summed E-state index contributed by atoms with van der Waals surface area (Å²) < 4.78 is 5.04. The zero-order valence-corrected chi connectivity index (χ0v) is 13.9. The normalized spacial score (nSPS) is 9.92. The fourth-order valence-electron chi connectivity index (χ4n) is 1.93. The second-order valence-electron chi connectivity index (χ2n) is 4.92. The van der Waals surface area contributed by atoms with E-state index in [1.807, 2.05) is 0 Å². The molecule has 3 amide bonds. The van der Waals surface area contributed by atoms with Crippen molar-refractivity contribution < 1.29 is 14.3 Å². The van der Waals surface area contributed by atoms with Crippen LogP contribution in [0.15, 0.2) is 48.5 Å². The summed E-state index contributed by atoms with van der Waals surface area (Å²) in [5.41, 5.74) is 1.26. The van der Waals surface area contributed by atoms with Crippen molar-refractivity contribution >= 4 is 34.9 Å². The van der Waals surface area contributed by atoms with Crippen LogP contribution in [0.2, 0.25) is 5.02 Å². The van der Waals surface area contributed by atoms with E-state index >= 15 is 0 Å². The van der Waals surface area contributed by atoms with E-state index in [-0.39, 0.29) is 24.9 Å². The Morgan fingerprint density at radius 2 is 1.79 bits per heavy atom. The standard InChI is InChI=1S/C17H18ClN3O3/c1-24-15-7-5-13(6-8-15)21-17(23)19-10-9-16(22)20-14-4-2-3-12(18)11-14/h2-8,11H,9-10H2,1H3,(H,20,22)(H2,19,21,23). The van der Waals surface area contributed by atoms with Crippen molar-refractivity contribution in [3.63, 3.8) is 0 Å². The molecule has 2 aromatic carbocycles. The van der Waals surface area contributed by atoms with Gasteiger partial charge >= 0.3 is 6.03 Å². The predicted octanol–water partition coefficient (Wildman–Crippen LogP) is 3.50. The number of urea groups is 1. The van der Waals surface area contributed by atoms with Crippen LogP contribution in [0.3, 0.4) is 0 Å². The molecule has 0 aliphatic heterocycles. The number of carbonyl (C=O) groups is 2. The van der Waals surface area contributed by atoms with Crippen LogP contribution in [0.25, 0.3) is 0 Å². The number of amides is 3. The molecule has 3 N–H and O–H groups in total. The summed E-state index contributed by atoms with van der Waals surface area (Å²) in [4.78, 5) is 23.5. The number of hydrogen-bond donors (Lipinski definition) is 3. The van der Waals surface area contributed by atoms with Crippen LogP contribution in [-0.2, 0) is 4.79 Å². The largest absolute Gasteiger partial charge is 0.497 e. The van der Waals surface area contributed by atoms with E-state index in [1.165, 1.54) is 0 Å². The Kier molecular flexibility index (Phi) is 6.45. The Morgan fingerprint density at radius 1 is 1.04 bits per heavy atom. The molecule has 126 valence electrons. The fraction of sp³-hybridized carbons (Fsp3) is 0.176. The molecular formula is C17H18ClN3O3. The van der Waals surface area contributed by atoms with Crippen molar-refractivity contribution in [3.05, 3.63) is 53.6 Å². The minimum absolute atomic E-state index is 0.155. The molecule has 2 rings (SSSR count). The minimum atomic E-state index is -0.379. The smallest absolute Gasteiger partial charge is 0.319 e. The molecule has 0 aliphatic rings. The molecule has 0 radical (unpaired) electrons. The molecule has 0 unspecified atom stereocenters. The van der Waals surface area contributed by atoms with Crippen molar-refractivity contribution in [2.45, 2.75) is 6.42 Å². The molecule has 0 bridgehead atoms. The van der Waals surface area contributed by atoms with Crippen LogP contribution in [0.1, 0.15) is 6.42 Å². The van der Waals surface area contributed by atoms with Crippen molar-refractivity contribution in [2.24, 2.45) is 0 Å². The second kappa shape index (κ2) is 8.79. The molecule has 0 fully saturated rings. The van der Waals surface area contributed by atoms with Gasteiger partial charge in [0.15, 0.2) is 0 Å². The van der Waals surface area contributed by atoms with Gasteiger partial charge in [0.1, 0.15) is 5.75 Å². The van der Waals surface area contributed by atoms with Crippen LogP contribution >= 0.6 is 11.6 Å². The van der Waals surface area contributed by atoms with Gasteiger partial charge < -0.3 is 20.7 Å². The van der Waals surface area contributed by atoms with E-state index in [4.69, 9.17) is 16.3 Å². The van der Waals surface area contributed by atoms with Crippen LogP contribution in [-0.4, -0.2) is 25.6 Å². The summed E-state index contributed by atoms with van der Waals surface area (Å²) in [6, 6.07) is 13.4. The summed E-state index contributed by atoms with van der Waals surface area (Å²) in [5, 5.41) is 8.54. The topological polar surface area (TPSA) is 79.5 Å². The Hall–Kier alpha value is -2.73. The van der Waals surface area contributed by atoms with Gasteiger partial charge in [0.2, 0.25) is 5.91 Å². The third kappa shape index (κ3) is 5.81. The first-order chi connectivity index (χ1) is 11.6. The lowest BCUT2D eigenvalue weighted by Gasteiger charge is -2.09. The van der Waals surface area contributed by atoms with Crippen LogP contribution in [0.5, 0.6) is 5.75 Å². The lowest BCUT2D eigenvalue weighted by molar-refractivity contribution is -0.116. The van der Waals surface area contributed by atoms with Gasteiger partial charge in [0, 0.05) is 29.4 Å². The summed E-state index contributed by atoms with van der Waals surface area (Å²) in [6.45, 7) is 0.217. The van der Waals surface area contributed by atoms with E-state index in [0.717, 1.165) is 0 Å². The number of hydrogen-bond acceptors (Lipinski definition) is 3. The van der Waals surface area contributed by atoms with E-state index in [1.54, 1.807) is 55.6 Å². The lowest BCUT2D eigenvalue weighted by atomic mass is 10.3. The van der Waals surface area contributed by atoms with Gasteiger partial charge in [-0.25, -0.2) is 4.79 Å². The number of methoxy groups -OCH3 is 1. The first-order valence-corrected chi connectivity index (χ1v) is 7.69. The van der Waals surface area contributed by atoms with Gasteiger partial charge in [0.05, 0.1) is 7.11 Å². The Morgan fingerprint density at radius 3 is 2.46 bits per heavy atom.